The summed E-state index contributed by atoms with van der Waals surface area (Å²) in [7, 11) is 1.78. The third kappa shape index (κ3) is 6.66. The van der Waals surface area contributed by atoms with Crippen LogP contribution < -0.4 is 10.6 Å². The number of aliphatic imine (C=N–C) groups is 1. The van der Waals surface area contributed by atoms with Crippen molar-refractivity contribution < 1.29 is 4.42 Å². The largest absolute Gasteiger partial charge is 0.444 e. The number of hydrogen-bond donors (Lipinski definition) is 2. The lowest BCUT2D eigenvalue weighted by molar-refractivity contribution is 0.287. The molecule has 1 fully saturated rings. The first kappa shape index (κ1) is 20.2. The molecule has 1 unspecified atom stereocenters. The van der Waals surface area contributed by atoms with E-state index in [2.05, 4.69) is 32.4 Å². The molecule has 2 heterocycles. The van der Waals surface area contributed by atoms with E-state index in [1.807, 2.05) is 13.8 Å². The molecule has 132 valence electrons. The average molecular weight is 435 g/mol. The summed E-state index contributed by atoms with van der Waals surface area (Å²) in [6, 6.07) is 0. The lowest BCUT2D eigenvalue weighted by Gasteiger charge is -2.21. The number of rotatable bonds is 6. The van der Waals surface area contributed by atoms with Crippen molar-refractivity contribution in [2.24, 2.45) is 10.9 Å². The molecule has 1 aromatic rings. The third-order valence-electron chi connectivity index (χ3n) is 4.09. The molecular formula is C16H30IN5O. The second-order valence-corrected chi connectivity index (χ2v) is 6.17. The molecule has 0 aliphatic carbocycles. The Hall–Kier alpha value is -0.830. The zero-order valence-electron chi connectivity index (χ0n) is 14.7. The Balaban J connectivity index is 0.00000264. The number of halogens is 1. The van der Waals surface area contributed by atoms with Gasteiger partial charge in [-0.2, -0.15) is 0 Å². The molecule has 1 aromatic heterocycles. The SMILES string of the molecule is CN=C(NCc1nc(C)c(C)o1)NCC(C)CN1CCCC1.I. The summed E-state index contributed by atoms with van der Waals surface area (Å²) in [5.41, 5.74) is 0.944. The van der Waals surface area contributed by atoms with Gasteiger partial charge in [-0.1, -0.05) is 6.92 Å². The van der Waals surface area contributed by atoms with Crippen LogP contribution in [-0.4, -0.2) is 49.1 Å². The zero-order valence-corrected chi connectivity index (χ0v) is 17.0. The maximum absolute atomic E-state index is 5.56. The number of aryl methyl sites for hydroxylation is 2. The fourth-order valence-electron chi connectivity index (χ4n) is 2.74. The molecule has 1 aliphatic rings. The summed E-state index contributed by atoms with van der Waals surface area (Å²) < 4.78 is 5.56. The standard InChI is InChI=1S/C16H29N5O.HI/c1-12(11-21-7-5-6-8-21)9-18-16(17-4)19-10-15-20-13(2)14(3)22-15;/h12H,5-11H2,1-4H3,(H2,17,18,19);1H. The maximum atomic E-state index is 5.56. The zero-order chi connectivity index (χ0) is 15.9. The van der Waals surface area contributed by atoms with E-state index in [4.69, 9.17) is 4.42 Å². The Bertz CT molecular complexity index is 477. The minimum Gasteiger partial charge on any atom is -0.444 e. The lowest BCUT2D eigenvalue weighted by Crippen LogP contribution is -2.41. The number of hydrogen-bond acceptors (Lipinski definition) is 4. The van der Waals surface area contributed by atoms with E-state index in [-0.39, 0.29) is 24.0 Å². The fraction of sp³-hybridized carbons (Fsp3) is 0.750. The molecule has 6 nitrogen and oxygen atoms in total. The van der Waals surface area contributed by atoms with Crippen molar-refractivity contribution in [2.45, 2.75) is 40.2 Å². The van der Waals surface area contributed by atoms with E-state index >= 15 is 0 Å². The normalized spacial score (nSPS) is 17.0. The second kappa shape index (κ2) is 10.1. The van der Waals surface area contributed by atoms with Crippen molar-refractivity contribution in [1.82, 2.24) is 20.5 Å². The second-order valence-electron chi connectivity index (χ2n) is 6.17. The van der Waals surface area contributed by atoms with Crippen LogP contribution in [0.5, 0.6) is 0 Å². The van der Waals surface area contributed by atoms with Crippen molar-refractivity contribution in [3.8, 4) is 0 Å². The quantitative estimate of drug-likeness (QED) is 0.408. The molecule has 2 N–H and O–H groups in total. The molecule has 23 heavy (non-hydrogen) atoms. The molecular weight excluding hydrogens is 405 g/mol. The predicted octanol–water partition coefficient (Wildman–Crippen LogP) is 2.31. The first-order valence-corrected chi connectivity index (χ1v) is 8.18. The molecule has 0 bridgehead atoms. The van der Waals surface area contributed by atoms with Crippen molar-refractivity contribution in [3.05, 3.63) is 17.3 Å². The molecule has 2 rings (SSSR count). The highest BCUT2D eigenvalue weighted by Crippen LogP contribution is 2.10. The van der Waals surface area contributed by atoms with Crippen molar-refractivity contribution in [2.75, 3.05) is 33.2 Å². The first-order valence-electron chi connectivity index (χ1n) is 8.18. The average Bonchev–Trinajstić information content (AvgIpc) is 3.10. The van der Waals surface area contributed by atoms with Gasteiger partial charge in [0.15, 0.2) is 5.96 Å². The van der Waals surface area contributed by atoms with Crippen LogP contribution in [0.1, 0.15) is 37.1 Å². The van der Waals surface area contributed by atoms with Crippen molar-refractivity contribution in [1.29, 1.82) is 0 Å². The van der Waals surface area contributed by atoms with Gasteiger partial charge in [-0.15, -0.1) is 24.0 Å². The Kier molecular flexibility index (Phi) is 8.90. The van der Waals surface area contributed by atoms with Gasteiger partial charge in [-0.05, 0) is 45.7 Å². The van der Waals surface area contributed by atoms with E-state index in [0.717, 1.165) is 30.5 Å². The monoisotopic (exact) mass is 435 g/mol. The van der Waals surface area contributed by atoms with Gasteiger partial charge in [-0.25, -0.2) is 4.98 Å². The van der Waals surface area contributed by atoms with Gasteiger partial charge < -0.3 is 20.0 Å². The van der Waals surface area contributed by atoms with Crippen LogP contribution in [0.2, 0.25) is 0 Å². The van der Waals surface area contributed by atoms with E-state index < -0.39 is 0 Å². The molecule has 1 atom stereocenters. The number of aromatic nitrogens is 1. The maximum Gasteiger partial charge on any atom is 0.214 e. The van der Waals surface area contributed by atoms with Crippen LogP contribution in [0.25, 0.3) is 0 Å². The molecule has 0 amide bonds. The van der Waals surface area contributed by atoms with Gasteiger partial charge in [-0.3, -0.25) is 4.99 Å². The summed E-state index contributed by atoms with van der Waals surface area (Å²) in [6.45, 7) is 11.3. The van der Waals surface area contributed by atoms with Crippen molar-refractivity contribution >= 4 is 29.9 Å². The van der Waals surface area contributed by atoms with E-state index in [1.165, 1.54) is 25.9 Å². The highest BCUT2D eigenvalue weighted by atomic mass is 127. The first-order chi connectivity index (χ1) is 10.6. The van der Waals surface area contributed by atoms with Gasteiger partial charge in [0.1, 0.15) is 5.76 Å². The van der Waals surface area contributed by atoms with Gasteiger partial charge >= 0.3 is 0 Å². The molecule has 1 saturated heterocycles. The van der Waals surface area contributed by atoms with Crippen LogP contribution in [0.15, 0.2) is 9.41 Å². The molecule has 7 heteroatoms. The van der Waals surface area contributed by atoms with E-state index in [0.29, 0.717) is 18.4 Å². The Morgan fingerprint density at radius 3 is 2.57 bits per heavy atom. The summed E-state index contributed by atoms with van der Waals surface area (Å²) >= 11 is 0. The van der Waals surface area contributed by atoms with E-state index in [9.17, 15) is 0 Å². The van der Waals surface area contributed by atoms with Gasteiger partial charge in [0.25, 0.3) is 0 Å². The molecule has 0 radical (unpaired) electrons. The summed E-state index contributed by atoms with van der Waals surface area (Å²) in [5.74, 6) is 2.96. The van der Waals surface area contributed by atoms with E-state index in [1.54, 1.807) is 7.05 Å². The minimum absolute atomic E-state index is 0. The third-order valence-corrected chi connectivity index (χ3v) is 4.09. The minimum atomic E-state index is 0. The molecule has 0 spiro atoms. The Labute approximate surface area is 156 Å². The smallest absolute Gasteiger partial charge is 0.214 e. The Morgan fingerprint density at radius 1 is 1.30 bits per heavy atom. The summed E-state index contributed by atoms with van der Waals surface area (Å²) in [6.07, 6.45) is 2.69. The topological polar surface area (TPSA) is 65.7 Å². The fourth-order valence-corrected chi connectivity index (χ4v) is 2.74. The van der Waals surface area contributed by atoms with Gasteiger partial charge in [0.2, 0.25) is 5.89 Å². The number of oxazole rings is 1. The number of guanidine groups is 1. The number of nitrogens with zero attached hydrogens (tertiary/aromatic N) is 3. The molecule has 0 saturated carbocycles. The summed E-state index contributed by atoms with van der Waals surface area (Å²) in [5, 5.41) is 6.62. The predicted molar refractivity (Wildman–Crippen MR) is 104 cm³/mol. The number of nitrogens with one attached hydrogen (secondary N) is 2. The number of likely N-dealkylation sites (tertiary alicyclic amines) is 1. The summed E-state index contributed by atoms with van der Waals surface area (Å²) in [4.78, 5) is 11.2. The Morgan fingerprint density at radius 2 is 2.00 bits per heavy atom. The van der Waals surface area contributed by atoms with Gasteiger partial charge in [0.05, 0.1) is 12.2 Å². The molecule has 0 aromatic carbocycles. The van der Waals surface area contributed by atoms with Crippen LogP contribution in [0, 0.1) is 19.8 Å². The van der Waals surface area contributed by atoms with Gasteiger partial charge in [0, 0.05) is 20.1 Å². The van der Waals surface area contributed by atoms with Crippen LogP contribution >= 0.6 is 24.0 Å². The van der Waals surface area contributed by atoms with Crippen LogP contribution in [0.3, 0.4) is 0 Å². The highest BCUT2D eigenvalue weighted by Gasteiger charge is 2.15. The lowest BCUT2D eigenvalue weighted by atomic mass is 10.1. The van der Waals surface area contributed by atoms with Crippen LogP contribution in [-0.2, 0) is 6.54 Å². The van der Waals surface area contributed by atoms with Crippen molar-refractivity contribution in [3.63, 3.8) is 0 Å². The van der Waals surface area contributed by atoms with Crippen LogP contribution in [0.4, 0.5) is 0 Å². The highest BCUT2D eigenvalue weighted by molar-refractivity contribution is 14.0. The molecule has 1 aliphatic heterocycles.